The first-order valence-corrected chi connectivity index (χ1v) is 7.59. The number of anilines is 1. The Kier molecular flexibility index (Phi) is 3.72. The molecule has 2 aromatic rings. The zero-order valence-electron chi connectivity index (χ0n) is 12.2. The van der Waals surface area contributed by atoms with Gasteiger partial charge in [0.15, 0.2) is 5.78 Å². The molecule has 4 nitrogen and oxygen atoms in total. The normalized spacial score (nSPS) is 13.1. The molecule has 0 saturated heterocycles. The number of fused-ring (bicyclic) bond motifs is 1. The van der Waals surface area contributed by atoms with E-state index in [1.807, 2.05) is 32.0 Å². The number of hydrogen-bond acceptors (Lipinski definition) is 3. The lowest BCUT2D eigenvalue weighted by Crippen LogP contribution is -2.10. The number of carbonyl (C=O) groups is 1. The predicted molar refractivity (Wildman–Crippen MR) is 84.3 cm³/mol. The number of nitrogens with zero attached hydrogens (tertiary/aromatic N) is 2. The second-order valence-corrected chi connectivity index (χ2v) is 5.69. The average Bonchev–Trinajstić information content (AvgIpc) is 3.05. The first kappa shape index (κ1) is 14.1. The molecular formula is C16H18ClN3O. The minimum Gasteiger partial charge on any atom is -0.384 e. The van der Waals surface area contributed by atoms with Crippen LogP contribution in [0.2, 0.25) is 5.02 Å². The Morgan fingerprint density at radius 3 is 3.05 bits per heavy atom. The van der Waals surface area contributed by atoms with Crippen LogP contribution < -0.4 is 5.32 Å². The number of rotatable bonds is 4. The fraction of sp³-hybridized carbons (Fsp3) is 0.375. The maximum Gasteiger partial charge on any atom is 0.168 e. The van der Waals surface area contributed by atoms with Crippen LogP contribution in [0.25, 0.3) is 0 Å². The van der Waals surface area contributed by atoms with Crippen molar-refractivity contribution in [2.45, 2.75) is 33.2 Å². The molecule has 0 spiro atoms. The Bertz CT molecular complexity index is 706. The van der Waals surface area contributed by atoms with Gasteiger partial charge in [0, 0.05) is 24.3 Å². The van der Waals surface area contributed by atoms with E-state index < -0.39 is 0 Å². The number of Topliss-reactive ketones (excluding diaryl/α,β-unsaturated/α-hetero) is 1. The summed E-state index contributed by atoms with van der Waals surface area (Å²) in [6.45, 7) is 5.51. The number of aromatic nitrogens is 2. The van der Waals surface area contributed by atoms with Crippen LogP contribution in [0.5, 0.6) is 0 Å². The van der Waals surface area contributed by atoms with E-state index in [-0.39, 0.29) is 12.2 Å². The van der Waals surface area contributed by atoms with Crippen LogP contribution in [0.15, 0.2) is 18.2 Å². The van der Waals surface area contributed by atoms with Crippen molar-refractivity contribution in [3.8, 4) is 0 Å². The first-order chi connectivity index (χ1) is 10.1. The second-order valence-electron chi connectivity index (χ2n) is 5.31. The van der Waals surface area contributed by atoms with E-state index in [0.717, 1.165) is 35.6 Å². The zero-order valence-corrected chi connectivity index (χ0v) is 13.0. The van der Waals surface area contributed by atoms with Gasteiger partial charge in [-0.1, -0.05) is 23.7 Å². The molecule has 0 atom stereocenters. The maximum absolute atomic E-state index is 12.5. The number of hydrogen-bond donors (Lipinski definition) is 1. The number of carbonyl (C=O) groups excluding carboxylic acids is 1. The van der Waals surface area contributed by atoms with Gasteiger partial charge in [-0.05, 0) is 31.9 Å². The van der Waals surface area contributed by atoms with Gasteiger partial charge in [-0.2, -0.15) is 5.10 Å². The highest BCUT2D eigenvalue weighted by molar-refractivity contribution is 6.32. The summed E-state index contributed by atoms with van der Waals surface area (Å²) >= 11 is 6.27. The first-order valence-electron chi connectivity index (χ1n) is 7.22. The van der Waals surface area contributed by atoms with Crippen LogP contribution in [0.4, 0.5) is 5.69 Å². The van der Waals surface area contributed by atoms with Crippen LogP contribution >= 0.6 is 11.6 Å². The van der Waals surface area contributed by atoms with E-state index in [2.05, 4.69) is 10.4 Å². The molecule has 2 heterocycles. The van der Waals surface area contributed by atoms with Crippen LogP contribution in [-0.4, -0.2) is 22.1 Å². The molecule has 1 N–H and O–H groups in total. The molecule has 1 aromatic heterocycles. The highest BCUT2D eigenvalue weighted by atomic mass is 35.5. The summed E-state index contributed by atoms with van der Waals surface area (Å²) in [6.07, 6.45) is 1.31. The molecule has 110 valence electrons. The highest BCUT2D eigenvalue weighted by Crippen LogP contribution is 2.25. The number of halogens is 1. The van der Waals surface area contributed by atoms with Crippen molar-refractivity contribution < 1.29 is 4.79 Å². The lowest BCUT2D eigenvalue weighted by Gasteiger charge is -2.07. The summed E-state index contributed by atoms with van der Waals surface area (Å²) < 4.78 is 1.81. The number of benzene rings is 1. The molecule has 0 amide bonds. The van der Waals surface area contributed by atoms with E-state index in [9.17, 15) is 4.79 Å². The van der Waals surface area contributed by atoms with Crippen molar-refractivity contribution in [1.82, 2.24) is 9.78 Å². The quantitative estimate of drug-likeness (QED) is 0.882. The topological polar surface area (TPSA) is 46.9 Å². The minimum absolute atomic E-state index is 0.0722. The van der Waals surface area contributed by atoms with Gasteiger partial charge in [-0.25, -0.2) is 0 Å². The lowest BCUT2D eigenvalue weighted by atomic mass is 10.0. The summed E-state index contributed by atoms with van der Waals surface area (Å²) in [7, 11) is 0. The molecule has 1 aromatic carbocycles. The van der Waals surface area contributed by atoms with Crippen molar-refractivity contribution in [2.24, 2.45) is 0 Å². The molecule has 0 saturated carbocycles. The number of ketones is 1. The van der Waals surface area contributed by atoms with Gasteiger partial charge in [-0.15, -0.1) is 0 Å². The smallest absolute Gasteiger partial charge is 0.168 e. The molecule has 5 heteroatoms. The Labute approximate surface area is 129 Å². The van der Waals surface area contributed by atoms with Crippen molar-refractivity contribution in [3.63, 3.8) is 0 Å². The van der Waals surface area contributed by atoms with E-state index in [1.54, 1.807) is 4.68 Å². The van der Waals surface area contributed by atoms with Crippen LogP contribution in [0.1, 0.15) is 34.2 Å². The van der Waals surface area contributed by atoms with E-state index in [4.69, 9.17) is 11.6 Å². The molecular weight excluding hydrogens is 286 g/mol. The fourth-order valence-electron chi connectivity index (χ4n) is 2.76. The van der Waals surface area contributed by atoms with Gasteiger partial charge in [0.1, 0.15) is 0 Å². The lowest BCUT2D eigenvalue weighted by molar-refractivity contribution is 0.0990. The minimum atomic E-state index is 0.0722. The summed E-state index contributed by atoms with van der Waals surface area (Å²) in [5, 5.41) is 8.26. The third-order valence-electron chi connectivity index (χ3n) is 3.92. The monoisotopic (exact) mass is 303 g/mol. The average molecular weight is 304 g/mol. The third-order valence-corrected chi connectivity index (χ3v) is 4.41. The van der Waals surface area contributed by atoms with Crippen LogP contribution in [-0.2, 0) is 19.4 Å². The molecule has 0 radical (unpaired) electrons. The maximum atomic E-state index is 12.5. The Balaban J connectivity index is 1.87. The number of nitrogens with one attached hydrogen (secondary N) is 1. The Morgan fingerprint density at radius 1 is 1.48 bits per heavy atom. The SMILES string of the molecule is CCn1nc(C)c(Cl)c1CC(=O)c1ccc2c(c1)NCC2. The van der Waals surface area contributed by atoms with Crippen molar-refractivity contribution in [1.29, 1.82) is 0 Å². The van der Waals surface area contributed by atoms with Crippen LogP contribution in [0, 0.1) is 6.92 Å². The summed E-state index contributed by atoms with van der Waals surface area (Å²) in [5.41, 5.74) is 4.65. The standard InChI is InChI=1S/C16H18ClN3O/c1-3-20-14(16(17)10(2)19-20)9-15(21)12-5-4-11-6-7-18-13(11)8-12/h4-5,8,18H,3,6-7,9H2,1-2H3. The molecule has 0 aliphatic carbocycles. The Hall–Kier alpha value is -1.81. The van der Waals surface area contributed by atoms with E-state index in [1.165, 1.54) is 5.56 Å². The number of aryl methyl sites for hydroxylation is 2. The molecule has 0 unspecified atom stereocenters. The van der Waals surface area contributed by atoms with Gasteiger partial charge < -0.3 is 5.32 Å². The molecule has 1 aliphatic rings. The molecule has 0 fully saturated rings. The van der Waals surface area contributed by atoms with Crippen LogP contribution in [0.3, 0.4) is 0 Å². The third kappa shape index (κ3) is 2.56. The van der Waals surface area contributed by atoms with E-state index >= 15 is 0 Å². The predicted octanol–water partition coefficient (Wildman–Crippen LogP) is 3.26. The van der Waals surface area contributed by atoms with Crippen molar-refractivity contribution >= 4 is 23.1 Å². The van der Waals surface area contributed by atoms with Crippen molar-refractivity contribution in [2.75, 3.05) is 11.9 Å². The van der Waals surface area contributed by atoms with Gasteiger partial charge in [-0.3, -0.25) is 9.48 Å². The fourth-order valence-corrected chi connectivity index (χ4v) is 2.96. The van der Waals surface area contributed by atoms with Gasteiger partial charge >= 0.3 is 0 Å². The van der Waals surface area contributed by atoms with E-state index in [0.29, 0.717) is 11.6 Å². The highest BCUT2D eigenvalue weighted by Gasteiger charge is 2.18. The zero-order chi connectivity index (χ0) is 15.0. The Morgan fingerprint density at radius 2 is 2.29 bits per heavy atom. The van der Waals surface area contributed by atoms with Gasteiger partial charge in [0.2, 0.25) is 0 Å². The van der Waals surface area contributed by atoms with Gasteiger partial charge in [0.25, 0.3) is 0 Å². The largest absolute Gasteiger partial charge is 0.384 e. The second kappa shape index (κ2) is 5.53. The summed E-state index contributed by atoms with van der Waals surface area (Å²) in [5.74, 6) is 0.0722. The molecule has 21 heavy (non-hydrogen) atoms. The van der Waals surface area contributed by atoms with Crippen molar-refractivity contribution in [3.05, 3.63) is 45.7 Å². The molecule has 3 rings (SSSR count). The summed E-state index contributed by atoms with van der Waals surface area (Å²) in [6, 6.07) is 5.88. The molecule has 0 bridgehead atoms. The molecule has 1 aliphatic heterocycles. The van der Waals surface area contributed by atoms with Gasteiger partial charge in [0.05, 0.1) is 22.8 Å². The summed E-state index contributed by atoms with van der Waals surface area (Å²) in [4.78, 5) is 12.5.